The molecule has 0 amide bonds. The summed E-state index contributed by atoms with van der Waals surface area (Å²) in [6.45, 7) is 6.55. The van der Waals surface area contributed by atoms with Crippen LogP contribution in [-0.4, -0.2) is 29.6 Å². The minimum absolute atomic E-state index is 0.0218. The highest BCUT2D eigenvalue weighted by Gasteiger charge is 2.79. The van der Waals surface area contributed by atoms with Crippen LogP contribution in [0.2, 0.25) is 0 Å². The third-order valence-corrected chi connectivity index (χ3v) is 8.81. The zero-order valence-corrected chi connectivity index (χ0v) is 16.2. The SMILES string of the molecule is CCC(=O)O[C@H]1CCC2C3CCC4=CC(=O)CC[C@]4(C)C34O[C@@H]4C[C@@]21C. The van der Waals surface area contributed by atoms with E-state index in [1.165, 1.54) is 5.57 Å². The van der Waals surface area contributed by atoms with Crippen molar-refractivity contribution in [1.29, 1.82) is 0 Å². The molecule has 4 aliphatic carbocycles. The number of epoxide rings is 1. The summed E-state index contributed by atoms with van der Waals surface area (Å²) in [5.74, 6) is 1.31. The highest BCUT2D eigenvalue weighted by molar-refractivity contribution is 5.91. The summed E-state index contributed by atoms with van der Waals surface area (Å²) in [7, 11) is 0. The van der Waals surface area contributed by atoms with E-state index in [0.29, 0.717) is 24.7 Å². The van der Waals surface area contributed by atoms with Crippen molar-refractivity contribution in [2.24, 2.45) is 22.7 Å². The van der Waals surface area contributed by atoms with Crippen LogP contribution in [0.15, 0.2) is 11.6 Å². The van der Waals surface area contributed by atoms with Crippen molar-refractivity contribution >= 4 is 11.8 Å². The number of carbonyl (C=O) groups excluding carboxylic acids is 2. The van der Waals surface area contributed by atoms with Crippen LogP contribution in [0.5, 0.6) is 0 Å². The molecule has 0 bridgehead atoms. The highest BCUT2D eigenvalue weighted by Crippen LogP contribution is 2.75. The first-order valence-corrected chi connectivity index (χ1v) is 10.5. The van der Waals surface area contributed by atoms with E-state index in [-0.39, 0.29) is 40.4 Å². The molecule has 0 radical (unpaired) electrons. The summed E-state index contributed by atoms with van der Waals surface area (Å²) in [4.78, 5) is 23.9. The van der Waals surface area contributed by atoms with Crippen LogP contribution < -0.4 is 0 Å². The molecule has 142 valence electrons. The number of carbonyl (C=O) groups is 2. The summed E-state index contributed by atoms with van der Waals surface area (Å²) in [5, 5.41) is 0. The summed E-state index contributed by atoms with van der Waals surface area (Å²) < 4.78 is 12.4. The largest absolute Gasteiger partial charge is 0.462 e. The van der Waals surface area contributed by atoms with Gasteiger partial charge in [0.1, 0.15) is 11.7 Å². The van der Waals surface area contributed by atoms with Crippen LogP contribution in [0, 0.1) is 22.7 Å². The topological polar surface area (TPSA) is 55.9 Å². The Balaban J connectivity index is 1.49. The van der Waals surface area contributed by atoms with Gasteiger partial charge in [-0.15, -0.1) is 0 Å². The zero-order chi connectivity index (χ0) is 18.3. The molecule has 26 heavy (non-hydrogen) atoms. The molecule has 5 aliphatic rings. The number of fused-ring (bicyclic) bond motifs is 3. The highest BCUT2D eigenvalue weighted by atomic mass is 16.6. The minimum Gasteiger partial charge on any atom is -0.462 e. The van der Waals surface area contributed by atoms with Crippen LogP contribution in [0.4, 0.5) is 0 Å². The second kappa shape index (κ2) is 5.21. The van der Waals surface area contributed by atoms with Gasteiger partial charge in [-0.2, -0.15) is 0 Å². The summed E-state index contributed by atoms with van der Waals surface area (Å²) >= 11 is 0. The van der Waals surface area contributed by atoms with Crippen molar-refractivity contribution in [3.8, 4) is 0 Å². The fourth-order valence-corrected chi connectivity index (χ4v) is 7.40. The molecule has 3 saturated carbocycles. The molecule has 0 aromatic carbocycles. The van der Waals surface area contributed by atoms with Crippen molar-refractivity contribution in [2.75, 3.05) is 0 Å². The van der Waals surface area contributed by atoms with Gasteiger partial charge >= 0.3 is 5.97 Å². The van der Waals surface area contributed by atoms with E-state index in [1.54, 1.807) is 0 Å². The molecule has 4 nitrogen and oxygen atoms in total. The molecule has 3 unspecified atom stereocenters. The van der Waals surface area contributed by atoms with E-state index in [9.17, 15) is 9.59 Å². The predicted molar refractivity (Wildman–Crippen MR) is 96.4 cm³/mol. The fourth-order valence-electron chi connectivity index (χ4n) is 7.40. The van der Waals surface area contributed by atoms with E-state index in [0.717, 1.165) is 38.5 Å². The maximum Gasteiger partial charge on any atom is 0.305 e. The van der Waals surface area contributed by atoms with Crippen molar-refractivity contribution in [3.05, 3.63) is 11.6 Å². The average Bonchev–Trinajstić information content (AvgIpc) is 3.24. The lowest BCUT2D eigenvalue weighted by Crippen LogP contribution is -2.58. The Morgan fingerprint density at radius 2 is 2.04 bits per heavy atom. The van der Waals surface area contributed by atoms with Gasteiger partial charge in [-0.3, -0.25) is 9.59 Å². The molecular weight excluding hydrogens is 328 g/mol. The van der Waals surface area contributed by atoms with E-state index in [2.05, 4.69) is 13.8 Å². The van der Waals surface area contributed by atoms with Gasteiger partial charge < -0.3 is 9.47 Å². The molecule has 1 aliphatic heterocycles. The molecule has 1 heterocycles. The fraction of sp³-hybridized carbons (Fsp3) is 0.818. The Hall–Kier alpha value is -1.16. The summed E-state index contributed by atoms with van der Waals surface area (Å²) in [5.41, 5.74) is 1.34. The van der Waals surface area contributed by atoms with Crippen molar-refractivity contribution in [2.45, 2.75) is 89.9 Å². The van der Waals surface area contributed by atoms with Crippen LogP contribution in [0.3, 0.4) is 0 Å². The van der Waals surface area contributed by atoms with E-state index < -0.39 is 0 Å². The molecule has 0 aromatic heterocycles. The van der Waals surface area contributed by atoms with Gasteiger partial charge in [-0.05, 0) is 56.4 Å². The second-order valence-electron chi connectivity index (χ2n) is 9.74. The number of ketones is 1. The number of hydrogen-bond donors (Lipinski definition) is 0. The molecule has 4 heteroatoms. The first-order valence-electron chi connectivity index (χ1n) is 10.5. The lowest BCUT2D eigenvalue weighted by atomic mass is 9.47. The van der Waals surface area contributed by atoms with Gasteiger partial charge in [0.2, 0.25) is 0 Å². The molecule has 5 rings (SSSR count). The summed E-state index contributed by atoms with van der Waals surface area (Å²) in [6, 6.07) is 0. The number of esters is 1. The molecule has 4 fully saturated rings. The quantitative estimate of drug-likeness (QED) is 0.554. The van der Waals surface area contributed by atoms with E-state index in [1.807, 2.05) is 13.0 Å². The normalized spacial score (nSPS) is 51.5. The van der Waals surface area contributed by atoms with E-state index >= 15 is 0 Å². The van der Waals surface area contributed by atoms with E-state index in [4.69, 9.17) is 9.47 Å². The van der Waals surface area contributed by atoms with Crippen molar-refractivity contribution in [1.82, 2.24) is 0 Å². The van der Waals surface area contributed by atoms with Gasteiger partial charge in [0, 0.05) is 23.7 Å². The molecule has 1 spiro atoms. The average molecular weight is 358 g/mol. The Bertz CT molecular complexity index is 711. The molecule has 1 saturated heterocycles. The maximum absolute atomic E-state index is 12.0. The Morgan fingerprint density at radius 3 is 2.81 bits per heavy atom. The minimum atomic E-state index is -0.0722. The van der Waals surface area contributed by atoms with Crippen LogP contribution >= 0.6 is 0 Å². The van der Waals surface area contributed by atoms with Gasteiger partial charge in [-0.1, -0.05) is 26.3 Å². The number of rotatable bonds is 2. The standard InChI is InChI=1S/C22H30O4/c1-4-19(24)25-17-8-7-15-16-6-5-13-11-14(23)9-10-21(13,3)22(16)18(26-22)12-20(15,17)2/h11,15-18H,4-10,12H2,1-3H3/t15?,16?,17-,18+,20-,21-,22?/m0/s1. The maximum atomic E-state index is 12.0. The number of hydrogen-bond acceptors (Lipinski definition) is 4. The second-order valence-corrected chi connectivity index (χ2v) is 9.74. The molecular formula is C22H30O4. The Labute approximate surface area is 155 Å². The third-order valence-electron chi connectivity index (χ3n) is 8.81. The Morgan fingerprint density at radius 1 is 1.23 bits per heavy atom. The molecule has 0 N–H and O–H groups in total. The first kappa shape index (κ1) is 17.0. The monoisotopic (exact) mass is 358 g/mol. The van der Waals surface area contributed by atoms with Crippen LogP contribution in [0.25, 0.3) is 0 Å². The van der Waals surface area contributed by atoms with Gasteiger partial charge in [0.15, 0.2) is 5.78 Å². The smallest absolute Gasteiger partial charge is 0.305 e. The van der Waals surface area contributed by atoms with Gasteiger partial charge in [0.05, 0.1) is 6.10 Å². The van der Waals surface area contributed by atoms with Crippen molar-refractivity contribution < 1.29 is 19.1 Å². The number of ether oxygens (including phenoxy) is 2. The molecule has 0 aromatic rings. The molecule has 7 atom stereocenters. The Kier molecular flexibility index (Phi) is 3.40. The summed E-state index contributed by atoms with van der Waals surface area (Å²) in [6.07, 6.45) is 9.52. The van der Waals surface area contributed by atoms with Gasteiger partial charge in [-0.25, -0.2) is 0 Å². The lowest BCUT2D eigenvalue weighted by Gasteiger charge is -2.55. The van der Waals surface area contributed by atoms with Gasteiger partial charge in [0.25, 0.3) is 0 Å². The van der Waals surface area contributed by atoms with Crippen LogP contribution in [-0.2, 0) is 19.1 Å². The zero-order valence-electron chi connectivity index (χ0n) is 16.2. The third kappa shape index (κ3) is 1.89. The van der Waals surface area contributed by atoms with Crippen molar-refractivity contribution in [3.63, 3.8) is 0 Å². The predicted octanol–water partition coefficient (Wildman–Crippen LogP) is 3.97. The van der Waals surface area contributed by atoms with Crippen LogP contribution in [0.1, 0.15) is 72.1 Å². The first-order chi connectivity index (χ1) is 12.3. The lowest BCUT2D eigenvalue weighted by molar-refractivity contribution is -0.157.